The minimum absolute atomic E-state index is 0.0425. The van der Waals surface area contributed by atoms with Crippen molar-refractivity contribution in [2.45, 2.75) is 19.4 Å². The lowest BCUT2D eigenvalue weighted by molar-refractivity contribution is 0.414. The molecule has 0 saturated heterocycles. The predicted molar refractivity (Wildman–Crippen MR) is 80.4 cm³/mol. The van der Waals surface area contributed by atoms with E-state index in [0.29, 0.717) is 0 Å². The zero-order valence-electron chi connectivity index (χ0n) is 10.4. The summed E-state index contributed by atoms with van der Waals surface area (Å²) in [6.07, 6.45) is 0.841. The summed E-state index contributed by atoms with van der Waals surface area (Å²) < 4.78 is 6.28. The van der Waals surface area contributed by atoms with Crippen LogP contribution in [0.5, 0.6) is 5.75 Å². The molecule has 0 spiro atoms. The minimum Gasteiger partial charge on any atom is -0.497 e. The Morgan fingerprint density at radius 2 is 2.00 bits per heavy atom. The lowest BCUT2D eigenvalue weighted by atomic mass is 10.0. The Labute approximate surface area is 120 Å². The zero-order chi connectivity index (χ0) is 13.1. The van der Waals surface area contributed by atoms with Crippen LogP contribution in [0.1, 0.15) is 22.0 Å². The van der Waals surface area contributed by atoms with Crippen molar-refractivity contribution in [3.63, 3.8) is 0 Å². The van der Waals surface area contributed by atoms with E-state index in [1.165, 1.54) is 16.0 Å². The monoisotopic (exact) mass is 325 g/mol. The van der Waals surface area contributed by atoms with Crippen LogP contribution >= 0.6 is 27.3 Å². The zero-order valence-corrected chi connectivity index (χ0v) is 12.8. The number of nitrogens with two attached hydrogens (primary N) is 1. The smallest absolute Gasteiger partial charge is 0.118 e. The molecule has 2 rings (SSSR count). The molecule has 18 heavy (non-hydrogen) atoms. The van der Waals surface area contributed by atoms with Crippen molar-refractivity contribution in [3.05, 3.63) is 50.1 Å². The Bertz CT molecular complexity index is 521. The third kappa shape index (κ3) is 3.13. The Morgan fingerprint density at radius 1 is 1.33 bits per heavy atom. The van der Waals surface area contributed by atoms with E-state index in [1.54, 1.807) is 18.4 Å². The molecule has 0 aliphatic carbocycles. The first-order chi connectivity index (χ1) is 8.60. The number of aryl methyl sites for hydroxylation is 1. The lowest BCUT2D eigenvalue weighted by Crippen LogP contribution is -2.13. The molecule has 96 valence electrons. The summed E-state index contributed by atoms with van der Waals surface area (Å²) in [5.41, 5.74) is 8.72. The van der Waals surface area contributed by atoms with Gasteiger partial charge >= 0.3 is 0 Å². The molecule has 1 aromatic carbocycles. The molecule has 0 bridgehead atoms. The van der Waals surface area contributed by atoms with Crippen molar-refractivity contribution in [2.75, 3.05) is 7.11 Å². The Kier molecular flexibility index (Phi) is 4.43. The standard InChI is InChI=1S/C14H16BrNOS/c1-9-12(8-14(15)18-9)13(16)7-10-3-5-11(17-2)6-4-10/h3-6,8,13H,7,16H2,1-2H3. The first-order valence-corrected chi connectivity index (χ1v) is 7.35. The number of hydrogen-bond donors (Lipinski definition) is 1. The highest BCUT2D eigenvalue weighted by molar-refractivity contribution is 9.11. The molecule has 0 aliphatic heterocycles. The van der Waals surface area contributed by atoms with Crippen LogP contribution < -0.4 is 10.5 Å². The van der Waals surface area contributed by atoms with Crippen molar-refractivity contribution < 1.29 is 4.74 Å². The van der Waals surface area contributed by atoms with Crippen molar-refractivity contribution in [1.29, 1.82) is 0 Å². The Balaban J connectivity index is 2.10. The number of rotatable bonds is 4. The highest BCUT2D eigenvalue weighted by Crippen LogP contribution is 2.31. The maximum atomic E-state index is 6.27. The Hall–Kier alpha value is -0.840. The maximum absolute atomic E-state index is 6.27. The van der Waals surface area contributed by atoms with Gasteiger partial charge in [0.2, 0.25) is 0 Å². The molecule has 1 aromatic heterocycles. The average Bonchev–Trinajstić information content (AvgIpc) is 2.69. The molecule has 1 heterocycles. The number of halogens is 1. The van der Waals surface area contributed by atoms with E-state index in [-0.39, 0.29) is 6.04 Å². The van der Waals surface area contributed by atoms with Gasteiger partial charge in [0.05, 0.1) is 10.9 Å². The number of methoxy groups -OCH3 is 1. The van der Waals surface area contributed by atoms with Crippen LogP contribution in [0.2, 0.25) is 0 Å². The highest BCUT2D eigenvalue weighted by Gasteiger charge is 2.12. The summed E-state index contributed by atoms with van der Waals surface area (Å²) in [7, 11) is 1.67. The van der Waals surface area contributed by atoms with E-state index in [0.717, 1.165) is 16.0 Å². The summed E-state index contributed by atoms with van der Waals surface area (Å²) in [5.74, 6) is 0.877. The second kappa shape index (κ2) is 5.87. The van der Waals surface area contributed by atoms with Crippen LogP contribution in [0.3, 0.4) is 0 Å². The molecule has 1 unspecified atom stereocenters. The molecule has 2 nitrogen and oxygen atoms in total. The van der Waals surface area contributed by atoms with Crippen molar-refractivity contribution in [2.24, 2.45) is 5.73 Å². The fourth-order valence-corrected chi connectivity index (χ4v) is 3.73. The number of benzene rings is 1. The van der Waals surface area contributed by atoms with Gasteiger partial charge in [0.25, 0.3) is 0 Å². The average molecular weight is 326 g/mol. The number of ether oxygens (including phenoxy) is 1. The van der Waals surface area contributed by atoms with Crippen LogP contribution in [-0.4, -0.2) is 7.11 Å². The largest absolute Gasteiger partial charge is 0.497 e. The van der Waals surface area contributed by atoms with E-state index < -0.39 is 0 Å². The van der Waals surface area contributed by atoms with Gasteiger partial charge in [0.15, 0.2) is 0 Å². The van der Waals surface area contributed by atoms with E-state index in [9.17, 15) is 0 Å². The molecule has 4 heteroatoms. The second-order valence-electron chi connectivity index (χ2n) is 4.22. The molecular formula is C14H16BrNOS. The van der Waals surface area contributed by atoms with Gasteiger partial charge in [-0.2, -0.15) is 0 Å². The summed E-state index contributed by atoms with van der Waals surface area (Å²) in [5, 5.41) is 0. The van der Waals surface area contributed by atoms with Gasteiger partial charge in [0.1, 0.15) is 5.75 Å². The van der Waals surface area contributed by atoms with E-state index in [1.807, 2.05) is 12.1 Å². The molecule has 0 amide bonds. The fraction of sp³-hybridized carbons (Fsp3) is 0.286. The van der Waals surface area contributed by atoms with Crippen LogP contribution in [0, 0.1) is 6.92 Å². The van der Waals surface area contributed by atoms with E-state index >= 15 is 0 Å². The molecule has 0 fully saturated rings. The molecule has 1 atom stereocenters. The molecule has 0 saturated carbocycles. The van der Waals surface area contributed by atoms with Gasteiger partial charge in [-0.05, 0) is 58.6 Å². The Morgan fingerprint density at radius 3 is 2.50 bits per heavy atom. The summed E-state index contributed by atoms with van der Waals surface area (Å²) in [6.45, 7) is 2.11. The second-order valence-corrected chi connectivity index (χ2v) is 6.86. The van der Waals surface area contributed by atoms with Gasteiger partial charge < -0.3 is 10.5 Å². The van der Waals surface area contributed by atoms with Crippen molar-refractivity contribution in [3.8, 4) is 5.75 Å². The van der Waals surface area contributed by atoms with Gasteiger partial charge in [0, 0.05) is 10.9 Å². The SMILES string of the molecule is COc1ccc(CC(N)c2cc(Br)sc2C)cc1. The van der Waals surface area contributed by atoms with Gasteiger partial charge in [-0.15, -0.1) is 11.3 Å². The van der Waals surface area contributed by atoms with Crippen LogP contribution in [-0.2, 0) is 6.42 Å². The fourth-order valence-electron chi connectivity index (χ4n) is 1.95. The third-order valence-electron chi connectivity index (χ3n) is 2.94. The summed E-state index contributed by atoms with van der Waals surface area (Å²) in [4.78, 5) is 1.28. The van der Waals surface area contributed by atoms with Gasteiger partial charge in [-0.1, -0.05) is 12.1 Å². The molecule has 0 radical (unpaired) electrons. The normalized spacial score (nSPS) is 12.4. The first-order valence-electron chi connectivity index (χ1n) is 5.74. The number of thiophene rings is 1. The summed E-state index contributed by atoms with van der Waals surface area (Å²) >= 11 is 5.23. The molecular weight excluding hydrogens is 310 g/mol. The first kappa shape index (κ1) is 13.6. The van der Waals surface area contributed by atoms with Gasteiger partial charge in [-0.25, -0.2) is 0 Å². The van der Waals surface area contributed by atoms with Crippen LogP contribution in [0.15, 0.2) is 34.1 Å². The van der Waals surface area contributed by atoms with Gasteiger partial charge in [-0.3, -0.25) is 0 Å². The molecule has 2 N–H and O–H groups in total. The van der Waals surface area contributed by atoms with Crippen molar-refractivity contribution in [1.82, 2.24) is 0 Å². The quantitative estimate of drug-likeness (QED) is 0.919. The van der Waals surface area contributed by atoms with Crippen LogP contribution in [0.25, 0.3) is 0 Å². The number of hydrogen-bond acceptors (Lipinski definition) is 3. The van der Waals surface area contributed by atoms with E-state index in [2.05, 4.69) is 41.1 Å². The van der Waals surface area contributed by atoms with Crippen LogP contribution in [0.4, 0.5) is 0 Å². The highest BCUT2D eigenvalue weighted by atomic mass is 79.9. The third-order valence-corrected chi connectivity index (χ3v) is 4.51. The lowest BCUT2D eigenvalue weighted by Gasteiger charge is -2.12. The molecule has 0 aliphatic rings. The van der Waals surface area contributed by atoms with E-state index in [4.69, 9.17) is 10.5 Å². The maximum Gasteiger partial charge on any atom is 0.118 e. The minimum atomic E-state index is 0.0425. The topological polar surface area (TPSA) is 35.2 Å². The summed E-state index contributed by atoms with van der Waals surface area (Å²) in [6, 6.07) is 10.2. The molecule has 2 aromatic rings. The van der Waals surface area contributed by atoms with Crippen molar-refractivity contribution >= 4 is 27.3 Å². The predicted octanol–water partition coefficient (Wildman–Crippen LogP) is 4.07.